The molecule has 2 aromatic carbocycles. The Balaban J connectivity index is 1.47. The molecule has 1 atom stereocenters. The van der Waals surface area contributed by atoms with E-state index in [1.807, 2.05) is 24.4 Å². The van der Waals surface area contributed by atoms with Gasteiger partial charge >= 0.3 is 0 Å². The number of ether oxygens (including phenoxy) is 1. The molecule has 5 nitrogen and oxygen atoms in total. The predicted octanol–water partition coefficient (Wildman–Crippen LogP) is 4.38. The van der Waals surface area contributed by atoms with Crippen molar-refractivity contribution in [2.75, 3.05) is 26.7 Å². The van der Waals surface area contributed by atoms with Gasteiger partial charge < -0.3 is 10.1 Å². The van der Waals surface area contributed by atoms with Crippen molar-refractivity contribution in [3.63, 3.8) is 0 Å². The lowest BCUT2D eigenvalue weighted by Gasteiger charge is -2.33. The van der Waals surface area contributed by atoms with Gasteiger partial charge in [0.1, 0.15) is 0 Å². The first-order chi connectivity index (χ1) is 14.7. The Labute approximate surface area is 179 Å². The summed E-state index contributed by atoms with van der Waals surface area (Å²) >= 11 is 1.54. The van der Waals surface area contributed by atoms with Crippen LogP contribution in [0.2, 0.25) is 0 Å². The Kier molecular flexibility index (Phi) is 5.21. The van der Waals surface area contributed by atoms with Crippen LogP contribution in [0.4, 0.5) is 0 Å². The Morgan fingerprint density at radius 2 is 2.07 bits per heavy atom. The highest BCUT2D eigenvalue weighted by atomic mass is 32.1. The lowest BCUT2D eigenvalue weighted by atomic mass is 10.0. The van der Waals surface area contributed by atoms with Crippen LogP contribution in [-0.2, 0) is 11.3 Å². The van der Waals surface area contributed by atoms with Crippen LogP contribution in [0.1, 0.15) is 26.9 Å². The highest BCUT2D eigenvalue weighted by Gasteiger charge is 2.29. The summed E-state index contributed by atoms with van der Waals surface area (Å²) < 4.78 is 7.31. The van der Waals surface area contributed by atoms with E-state index in [2.05, 4.69) is 51.6 Å². The quantitative estimate of drug-likeness (QED) is 0.535. The smallest absolute Gasteiger partial charge is 0.261 e. The number of thiophene rings is 1. The lowest BCUT2D eigenvalue weighted by molar-refractivity contribution is -0.0322. The van der Waals surface area contributed by atoms with E-state index in [-0.39, 0.29) is 12.0 Å². The van der Waals surface area contributed by atoms with Gasteiger partial charge in [0.15, 0.2) is 0 Å². The van der Waals surface area contributed by atoms with Gasteiger partial charge in [0.05, 0.1) is 23.1 Å². The van der Waals surface area contributed by atoms with Gasteiger partial charge in [-0.2, -0.15) is 0 Å². The molecule has 5 rings (SSSR count). The monoisotopic (exact) mass is 417 g/mol. The van der Waals surface area contributed by atoms with Gasteiger partial charge in [-0.1, -0.05) is 42.5 Å². The Morgan fingerprint density at radius 1 is 1.20 bits per heavy atom. The minimum Gasteiger partial charge on any atom is -0.371 e. The molecule has 0 aliphatic carbocycles. The van der Waals surface area contributed by atoms with Crippen molar-refractivity contribution in [1.29, 1.82) is 0 Å². The zero-order chi connectivity index (χ0) is 20.5. The van der Waals surface area contributed by atoms with E-state index in [0.717, 1.165) is 51.1 Å². The Morgan fingerprint density at radius 3 is 2.97 bits per heavy atom. The van der Waals surface area contributed by atoms with E-state index in [9.17, 15) is 4.79 Å². The average Bonchev–Trinajstić information content (AvgIpc) is 3.19. The van der Waals surface area contributed by atoms with Gasteiger partial charge in [-0.3, -0.25) is 14.7 Å². The number of fused-ring (bicyclic) bond motifs is 2. The highest BCUT2D eigenvalue weighted by Crippen LogP contribution is 2.38. The largest absolute Gasteiger partial charge is 0.371 e. The molecule has 1 unspecified atom stereocenters. The van der Waals surface area contributed by atoms with E-state index in [0.29, 0.717) is 6.61 Å². The highest BCUT2D eigenvalue weighted by molar-refractivity contribution is 7.21. The molecule has 152 valence electrons. The number of nitrogens with one attached hydrogen (secondary N) is 1. The van der Waals surface area contributed by atoms with E-state index >= 15 is 0 Å². The average molecular weight is 418 g/mol. The van der Waals surface area contributed by atoms with Gasteiger partial charge in [-0.05, 0) is 23.1 Å². The first-order valence-electron chi connectivity index (χ1n) is 10.1. The van der Waals surface area contributed by atoms with E-state index in [4.69, 9.17) is 4.74 Å². The fourth-order valence-corrected chi connectivity index (χ4v) is 5.42. The molecule has 1 N–H and O–H groups in total. The van der Waals surface area contributed by atoms with Crippen molar-refractivity contribution in [2.24, 2.45) is 0 Å². The zero-order valence-corrected chi connectivity index (χ0v) is 17.6. The second-order valence-corrected chi connectivity index (χ2v) is 8.56. The SMILES string of the molecule is CNC(=O)c1sc2ccccc2c1C1CN(Cc2cccc3cccnc23)CCO1. The van der Waals surface area contributed by atoms with Crippen LogP contribution in [0.3, 0.4) is 0 Å². The standard InChI is InChI=1S/C24H23N3O2S/c1-25-24(28)23-21(18-9-2-3-10-20(18)30-23)19-15-27(12-13-29-19)14-17-7-4-6-16-8-5-11-26-22(16)17/h2-11,19H,12-15H2,1H3,(H,25,28). The maximum atomic E-state index is 12.6. The van der Waals surface area contributed by atoms with Crippen LogP contribution < -0.4 is 5.32 Å². The minimum absolute atomic E-state index is 0.0508. The van der Waals surface area contributed by atoms with Gasteiger partial charge in [0.25, 0.3) is 5.91 Å². The molecule has 0 spiro atoms. The first-order valence-corrected chi connectivity index (χ1v) is 11.0. The zero-order valence-electron chi connectivity index (χ0n) is 16.8. The molecule has 3 heterocycles. The van der Waals surface area contributed by atoms with Crippen LogP contribution in [0.5, 0.6) is 0 Å². The fraction of sp³-hybridized carbons (Fsp3) is 0.250. The molecule has 4 aromatic rings. The summed E-state index contributed by atoms with van der Waals surface area (Å²) in [5, 5.41) is 5.06. The summed E-state index contributed by atoms with van der Waals surface area (Å²) in [4.78, 5) is 20.3. The molecular formula is C24H23N3O2S. The number of hydrogen-bond donors (Lipinski definition) is 1. The number of carbonyl (C=O) groups is 1. The molecule has 30 heavy (non-hydrogen) atoms. The molecule has 0 bridgehead atoms. The summed E-state index contributed by atoms with van der Waals surface area (Å²) in [5.41, 5.74) is 3.28. The predicted molar refractivity (Wildman–Crippen MR) is 121 cm³/mol. The summed E-state index contributed by atoms with van der Waals surface area (Å²) in [6.07, 6.45) is 1.71. The third-order valence-electron chi connectivity index (χ3n) is 5.65. The van der Waals surface area contributed by atoms with Crippen molar-refractivity contribution in [1.82, 2.24) is 15.2 Å². The number of para-hydroxylation sites is 1. The van der Waals surface area contributed by atoms with Gasteiger partial charge in [0.2, 0.25) is 0 Å². The van der Waals surface area contributed by atoms with E-state index in [1.165, 1.54) is 16.9 Å². The molecule has 2 aromatic heterocycles. The van der Waals surface area contributed by atoms with Crippen molar-refractivity contribution < 1.29 is 9.53 Å². The topological polar surface area (TPSA) is 54.5 Å². The second kappa shape index (κ2) is 8.14. The molecule has 0 radical (unpaired) electrons. The number of morpholine rings is 1. The molecule has 1 aliphatic heterocycles. The number of pyridine rings is 1. The molecule has 1 saturated heterocycles. The van der Waals surface area contributed by atoms with Crippen molar-refractivity contribution in [2.45, 2.75) is 12.6 Å². The molecule has 1 fully saturated rings. The summed E-state index contributed by atoms with van der Waals surface area (Å²) in [5.74, 6) is -0.0508. The number of hydrogen-bond acceptors (Lipinski definition) is 5. The van der Waals surface area contributed by atoms with Crippen LogP contribution >= 0.6 is 11.3 Å². The molecule has 0 saturated carbocycles. The number of carbonyl (C=O) groups excluding carboxylic acids is 1. The Bertz CT molecular complexity index is 1210. The first kappa shape index (κ1) is 19.2. The van der Waals surface area contributed by atoms with Crippen molar-refractivity contribution in [3.05, 3.63) is 76.8 Å². The summed E-state index contributed by atoms with van der Waals surface area (Å²) in [6, 6.07) is 18.6. The van der Waals surface area contributed by atoms with Crippen LogP contribution in [0.15, 0.2) is 60.8 Å². The van der Waals surface area contributed by atoms with Crippen LogP contribution in [0.25, 0.3) is 21.0 Å². The maximum absolute atomic E-state index is 12.6. The van der Waals surface area contributed by atoms with Crippen molar-refractivity contribution >= 4 is 38.2 Å². The number of rotatable bonds is 4. The van der Waals surface area contributed by atoms with E-state index < -0.39 is 0 Å². The van der Waals surface area contributed by atoms with Gasteiger partial charge in [-0.15, -0.1) is 11.3 Å². The summed E-state index contributed by atoms with van der Waals surface area (Å²) in [6.45, 7) is 3.05. The Hall–Kier alpha value is -2.80. The minimum atomic E-state index is -0.134. The number of amides is 1. The molecule has 6 heteroatoms. The third-order valence-corrected chi connectivity index (χ3v) is 6.84. The summed E-state index contributed by atoms with van der Waals surface area (Å²) in [7, 11) is 1.68. The van der Waals surface area contributed by atoms with E-state index in [1.54, 1.807) is 7.05 Å². The fourth-order valence-electron chi connectivity index (χ4n) is 4.22. The van der Waals surface area contributed by atoms with Crippen LogP contribution in [-0.4, -0.2) is 42.5 Å². The number of aromatic nitrogens is 1. The lowest BCUT2D eigenvalue weighted by Crippen LogP contribution is -2.38. The normalized spacial score (nSPS) is 17.4. The van der Waals surface area contributed by atoms with Gasteiger partial charge in [-0.25, -0.2) is 0 Å². The second-order valence-electron chi connectivity index (χ2n) is 7.51. The number of nitrogens with zero attached hydrogens (tertiary/aromatic N) is 2. The number of benzene rings is 2. The van der Waals surface area contributed by atoms with Gasteiger partial charge in [0, 0.05) is 48.5 Å². The third kappa shape index (κ3) is 3.47. The molecule has 1 aliphatic rings. The molecular weight excluding hydrogens is 394 g/mol. The maximum Gasteiger partial charge on any atom is 0.261 e. The molecule has 1 amide bonds. The van der Waals surface area contributed by atoms with Crippen LogP contribution in [0, 0.1) is 0 Å². The van der Waals surface area contributed by atoms with Crippen molar-refractivity contribution in [3.8, 4) is 0 Å².